The molecule has 0 N–H and O–H groups in total. The quantitative estimate of drug-likeness (QED) is 0.181. The van der Waals surface area contributed by atoms with E-state index >= 15 is 0 Å². The molecule has 0 saturated heterocycles. The van der Waals surface area contributed by atoms with Crippen molar-refractivity contribution < 1.29 is 0 Å². The van der Waals surface area contributed by atoms with Crippen LogP contribution in [0.5, 0.6) is 0 Å². The Balaban J connectivity index is 1.35. The first kappa shape index (κ1) is 26.4. The number of fused-ring (bicyclic) bond motifs is 5. The molecule has 0 amide bonds. The van der Waals surface area contributed by atoms with Crippen LogP contribution in [0.15, 0.2) is 182 Å². The smallest absolute Gasteiger partial charge is 0.00201 e. The molecule has 0 spiro atoms. The third-order valence-electron chi connectivity index (χ3n) is 9.42. The highest BCUT2D eigenvalue weighted by Gasteiger charge is 2.19. The van der Waals surface area contributed by atoms with Crippen molar-refractivity contribution in [2.45, 2.75) is 0 Å². The van der Waals surface area contributed by atoms with E-state index in [9.17, 15) is 0 Å². The summed E-state index contributed by atoms with van der Waals surface area (Å²) < 4.78 is 0. The van der Waals surface area contributed by atoms with E-state index in [-0.39, 0.29) is 0 Å². The van der Waals surface area contributed by atoms with E-state index in [1.54, 1.807) is 0 Å². The van der Waals surface area contributed by atoms with Gasteiger partial charge in [0.25, 0.3) is 0 Å². The van der Waals surface area contributed by atoms with E-state index in [1.807, 2.05) is 0 Å². The fourth-order valence-electron chi connectivity index (χ4n) is 7.26. The molecular weight excluding hydrogens is 553 g/mol. The molecule has 0 heteroatoms. The van der Waals surface area contributed by atoms with E-state index in [0.717, 1.165) is 0 Å². The van der Waals surface area contributed by atoms with Crippen molar-refractivity contribution in [2.24, 2.45) is 0 Å². The van der Waals surface area contributed by atoms with Crippen molar-refractivity contribution >= 4 is 43.1 Å². The molecule has 0 fully saturated rings. The molecule has 9 aromatic carbocycles. The van der Waals surface area contributed by atoms with Crippen LogP contribution in [0, 0.1) is 0 Å². The standard InChI is InChI=1S/C46H30/c1-2-14-33(15-3-1)45-44-30-36(35-25-24-31-12-4-5-16-34(31)28-35)26-27-42(44)41-21-8-9-22-43(41)46(45)38-19-10-18-37(29-38)40-23-11-17-32-13-6-7-20-39(32)40/h1-30H. The van der Waals surface area contributed by atoms with Crippen molar-refractivity contribution in [2.75, 3.05) is 0 Å². The first-order valence-corrected chi connectivity index (χ1v) is 15.9. The zero-order chi connectivity index (χ0) is 30.5. The van der Waals surface area contributed by atoms with Gasteiger partial charge in [-0.3, -0.25) is 0 Å². The van der Waals surface area contributed by atoms with E-state index in [0.29, 0.717) is 0 Å². The maximum Gasteiger partial charge on any atom is -0.00201 e. The van der Waals surface area contributed by atoms with Crippen molar-refractivity contribution in [1.82, 2.24) is 0 Å². The molecule has 214 valence electrons. The SMILES string of the molecule is c1ccc(-c2c(-c3cccc(-c4cccc5ccccc45)c3)c3ccccc3c3ccc(-c4ccc5ccccc5c4)cc23)cc1. The summed E-state index contributed by atoms with van der Waals surface area (Å²) in [5, 5.41) is 10.1. The van der Waals surface area contributed by atoms with Gasteiger partial charge in [-0.05, 0) is 106 Å². The Kier molecular flexibility index (Phi) is 6.25. The van der Waals surface area contributed by atoms with Crippen LogP contribution in [0.25, 0.3) is 87.6 Å². The van der Waals surface area contributed by atoms with Crippen LogP contribution in [-0.2, 0) is 0 Å². The molecule has 0 unspecified atom stereocenters. The lowest BCUT2D eigenvalue weighted by Crippen LogP contribution is -1.93. The molecule has 0 bridgehead atoms. The van der Waals surface area contributed by atoms with Crippen LogP contribution < -0.4 is 0 Å². The third-order valence-corrected chi connectivity index (χ3v) is 9.42. The summed E-state index contributed by atoms with van der Waals surface area (Å²) in [5.41, 5.74) is 9.91. The van der Waals surface area contributed by atoms with Crippen molar-refractivity contribution in [3.8, 4) is 44.5 Å². The van der Waals surface area contributed by atoms with Crippen LogP contribution in [0.4, 0.5) is 0 Å². The predicted molar refractivity (Wildman–Crippen MR) is 198 cm³/mol. The topological polar surface area (TPSA) is 0 Å². The molecule has 0 aliphatic heterocycles. The first-order valence-electron chi connectivity index (χ1n) is 15.9. The maximum atomic E-state index is 2.41. The first-order chi connectivity index (χ1) is 22.8. The summed E-state index contributed by atoms with van der Waals surface area (Å²) in [6.07, 6.45) is 0. The average Bonchev–Trinajstić information content (AvgIpc) is 3.14. The van der Waals surface area contributed by atoms with Crippen molar-refractivity contribution in [1.29, 1.82) is 0 Å². The minimum Gasteiger partial charge on any atom is -0.0622 e. The molecule has 9 aromatic rings. The highest BCUT2D eigenvalue weighted by atomic mass is 14.2. The maximum absolute atomic E-state index is 2.41. The molecule has 0 nitrogen and oxygen atoms in total. The summed E-state index contributed by atoms with van der Waals surface area (Å²) in [7, 11) is 0. The van der Waals surface area contributed by atoms with Crippen LogP contribution in [-0.4, -0.2) is 0 Å². The summed E-state index contributed by atoms with van der Waals surface area (Å²) in [4.78, 5) is 0. The Morgan fingerprint density at radius 3 is 1.65 bits per heavy atom. The van der Waals surface area contributed by atoms with Crippen LogP contribution >= 0.6 is 0 Å². The summed E-state index contributed by atoms with van der Waals surface area (Å²) in [6.45, 7) is 0. The second kappa shape index (κ2) is 10.9. The zero-order valence-corrected chi connectivity index (χ0v) is 25.3. The van der Waals surface area contributed by atoms with E-state index in [1.165, 1.54) is 87.6 Å². The van der Waals surface area contributed by atoms with Gasteiger partial charge in [-0.1, -0.05) is 164 Å². The summed E-state index contributed by atoms with van der Waals surface area (Å²) in [5.74, 6) is 0. The molecular formula is C46H30. The number of benzene rings is 9. The third kappa shape index (κ3) is 4.38. The minimum atomic E-state index is 1.22. The highest BCUT2D eigenvalue weighted by molar-refractivity contribution is 6.22. The van der Waals surface area contributed by atoms with Crippen LogP contribution in [0.1, 0.15) is 0 Å². The Labute approximate surface area is 268 Å². The Morgan fingerprint density at radius 1 is 0.217 bits per heavy atom. The average molecular weight is 583 g/mol. The molecule has 9 rings (SSSR count). The van der Waals surface area contributed by atoms with E-state index < -0.39 is 0 Å². The van der Waals surface area contributed by atoms with Gasteiger partial charge in [0.05, 0.1) is 0 Å². The molecule has 0 aliphatic rings. The fourth-order valence-corrected chi connectivity index (χ4v) is 7.26. The Morgan fingerprint density at radius 2 is 0.783 bits per heavy atom. The fraction of sp³-hybridized carbons (Fsp3) is 0. The van der Waals surface area contributed by atoms with Gasteiger partial charge in [-0.15, -0.1) is 0 Å². The van der Waals surface area contributed by atoms with Gasteiger partial charge >= 0.3 is 0 Å². The normalized spacial score (nSPS) is 11.5. The largest absolute Gasteiger partial charge is 0.0622 e. The Bertz CT molecular complexity index is 2570. The Hall–Kier alpha value is -5.98. The molecule has 0 radical (unpaired) electrons. The van der Waals surface area contributed by atoms with Gasteiger partial charge in [0.2, 0.25) is 0 Å². The molecule has 0 aliphatic carbocycles. The van der Waals surface area contributed by atoms with Gasteiger partial charge in [-0.25, -0.2) is 0 Å². The minimum absolute atomic E-state index is 1.22. The molecule has 46 heavy (non-hydrogen) atoms. The van der Waals surface area contributed by atoms with Crippen molar-refractivity contribution in [3.05, 3.63) is 182 Å². The summed E-state index contributed by atoms with van der Waals surface area (Å²) in [6, 6.07) is 66.6. The number of rotatable bonds is 4. The highest BCUT2D eigenvalue weighted by Crippen LogP contribution is 2.46. The molecule has 0 saturated carbocycles. The van der Waals surface area contributed by atoms with Gasteiger partial charge in [-0.2, -0.15) is 0 Å². The zero-order valence-electron chi connectivity index (χ0n) is 25.3. The van der Waals surface area contributed by atoms with Gasteiger partial charge < -0.3 is 0 Å². The van der Waals surface area contributed by atoms with E-state index in [2.05, 4.69) is 182 Å². The molecule has 0 atom stereocenters. The summed E-state index contributed by atoms with van der Waals surface area (Å²) >= 11 is 0. The van der Waals surface area contributed by atoms with Gasteiger partial charge in [0.15, 0.2) is 0 Å². The lowest BCUT2D eigenvalue weighted by Gasteiger charge is -2.20. The number of hydrogen-bond donors (Lipinski definition) is 0. The lowest BCUT2D eigenvalue weighted by atomic mass is 9.83. The van der Waals surface area contributed by atoms with Crippen molar-refractivity contribution in [3.63, 3.8) is 0 Å². The second-order valence-corrected chi connectivity index (χ2v) is 12.1. The monoisotopic (exact) mass is 582 g/mol. The van der Waals surface area contributed by atoms with E-state index in [4.69, 9.17) is 0 Å². The second-order valence-electron chi connectivity index (χ2n) is 12.1. The molecule has 0 heterocycles. The number of hydrogen-bond acceptors (Lipinski definition) is 0. The van der Waals surface area contributed by atoms with Gasteiger partial charge in [0, 0.05) is 0 Å². The van der Waals surface area contributed by atoms with Gasteiger partial charge in [0.1, 0.15) is 0 Å². The molecule has 0 aromatic heterocycles. The predicted octanol–water partition coefficient (Wildman–Crippen LogP) is 13.0. The van der Waals surface area contributed by atoms with Crippen LogP contribution in [0.2, 0.25) is 0 Å². The van der Waals surface area contributed by atoms with Crippen LogP contribution in [0.3, 0.4) is 0 Å². The lowest BCUT2D eigenvalue weighted by molar-refractivity contribution is 1.61.